The Kier molecular flexibility index (Phi) is 6.80. The van der Waals surface area contributed by atoms with Gasteiger partial charge in [-0.25, -0.2) is 0 Å². The maximum absolute atomic E-state index is 12.0. The summed E-state index contributed by atoms with van der Waals surface area (Å²) >= 11 is 0. The van der Waals surface area contributed by atoms with Gasteiger partial charge in [0.05, 0.1) is 5.60 Å². The van der Waals surface area contributed by atoms with E-state index in [-0.39, 0.29) is 23.5 Å². The van der Waals surface area contributed by atoms with Crippen LogP contribution in [0.25, 0.3) is 0 Å². The monoisotopic (exact) mass is 270 g/mol. The summed E-state index contributed by atoms with van der Waals surface area (Å²) in [4.78, 5) is 12.0. The summed E-state index contributed by atoms with van der Waals surface area (Å²) in [7, 11) is 0. The van der Waals surface area contributed by atoms with Gasteiger partial charge in [-0.1, -0.05) is 33.1 Å². The first kappa shape index (κ1) is 16.4. The maximum atomic E-state index is 12.0. The number of ether oxygens (including phenoxy) is 1. The van der Waals surface area contributed by atoms with Gasteiger partial charge in [0.25, 0.3) is 0 Å². The molecule has 0 spiro atoms. The highest BCUT2D eigenvalue weighted by molar-refractivity contribution is 5.79. The van der Waals surface area contributed by atoms with Crippen molar-refractivity contribution in [3.63, 3.8) is 0 Å². The van der Waals surface area contributed by atoms with Crippen LogP contribution >= 0.6 is 0 Å². The second kappa shape index (κ2) is 7.85. The summed E-state index contributed by atoms with van der Waals surface area (Å²) in [5.41, 5.74) is 5.63. The smallest absolute Gasteiger partial charge is 0.224 e. The molecule has 112 valence electrons. The summed E-state index contributed by atoms with van der Waals surface area (Å²) in [6.45, 7) is 7.27. The first-order valence-electron chi connectivity index (χ1n) is 7.68. The van der Waals surface area contributed by atoms with Crippen molar-refractivity contribution in [1.29, 1.82) is 0 Å². The van der Waals surface area contributed by atoms with E-state index in [1.165, 1.54) is 19.3 Å². The standard InChI is InChI=1S/C15H30N2O2/c1-4-10-19-15(8-6-5-7-9-15)11-17-14(18)12(2)13(3)16/h12-13H,4-11,16H2,1-3H3,(H,17,18). The molecule has 0 bridgehead atoms. The van der Waals surface area contributed by atoms with Crippen LogP contribution in [0.5, 0.6) is 0 Å². The number of nitrogens with two attached hydrogens (primary N) is 1. The average molecular weight is 270 g/mol. The van der Waals surface area contributed by atoms with E-state index in [2.05, 4.69) is 12.2 Å². The molecule has 4 heteroatoms. The van der Waals surface area contributed by atoms with Crippen LogP contribution in [-0.2, 0) is 9.53 Å². The van der Waals surface area contributed by atoms with Gasteiger partial charge >= 0.3 is 0 Å². The molecule has 0 aromatic rings. The van der Waals surface area contributed by atoms with Crippen molar-refractivity contribution in [2.24, 2.45) is 11.7 Å². The Morgan fingerprint density at radius 3 is 2.47 bits per heavy atom. The third-order valence-electron chi connectivity index (χ3n) is 4.16. The summed E-state index contributed by atoms with van der Waals surface area (Å²) in [5, 5.41) is 3.04. The van der Waals surface area contributed by atoms with E-state index in [0.717, 1.165) is 25.9 Å². The maximum Gasteiger partial charge on any atom is 0.224 e. The van der Waals surface area contributed by atoms with E-state index in [4.69, 9.17) is 10.5 Å². The predicted molar refractivity (Wildman–Crippen MR) is 77.9 cm³/mol. The van der Waals surface area contributed by atoms with Crippen molar-refractivity contribution >= 4 is 5.91 Å². The van der Waals surface area contributed by atoms with Gasteiger partial charge in [-0.15, -0.1) is 0 Å². The number of carbonyl (C=O) groups is 1. The van der Waals surface area contributed by atoms with Crippen molar-refractivity contribution in [3.8, 4) is 0 Å². The highest BCUT2D eigenvalue weighted by Crippen LogP contribution is 2.31. The van der Waals surface area contributed by atoms with E-state index in [1.54, 1.807) is 0 Å². The van der Waals surface area contributed by atoms with Crippen LogP contribution in [-0.4, -0.2) is 30.7 Å². The van der Waals surface area contributed by atoms with Gasteiger partial charge in [0, 0.05) is 25.1 Å². The lowest BCUT2D eigenvalue weighted by molar-refractivity contribution is -0.128. The predicted octanol–water partition coefficient (Wildman–Crippen LogP) is 2.22. The van der Waals surface area contributed by atoms with Gasteiger partial charge in [-0.2, -0.15) is 0 Å². The molecule has 1 saturated carbocycles. The molecule has 1 amide bonds. The molecule has 0 aromatic heterocycles. The van der Waals surface area contributed by atoms with Crippen LogP contribution in [0.15, 0.2) is 0 Å². The second-order valence-electron chi connectivity index (χ2n) is 5.96. The van der Waals surface area contributed by atoms with Crippen molar-refractivity contribution in [3.05, 3.63) is 0 Å². The fraction of sp³-hybridized carbons (Fsp3) is 0.933. The Morgan fingerprint density at radius 2 is 1.95 bits per heavy atom. The first-order chi connectivity index (χ1) is 9.01. The van der Waals surface area contributed by atoms with Crippen LogP contribution in [0.2, 0.25) is 0 Å². The molecule has 0 aromatic carbocycles. The molecule has 4 nitrogen and oxygen atoms in total. The second-order valence-corrected chi connectivity index (χ2v) is 5.96. The summed E-state index contributed by atoms with van der Waals surface area (Å²) < 4.78 is 6.06. The molecular weight excluding hydrogens is 240 g/mol. The van der Waals surface area contributed by atoms with Crippen LogP contribution in [0.3, 0.4) is 0 Å². The molecular formula is C15H30N2O2. The highest BCUT2D eigenvalue weighted by Gasteiger charge is 2.33. The Balaban J connectivity index is 2.50. The van der Waals surface area contributed by atoms with Crippen LogP contribution < -0.4 is 11.1 Å². The van der Waals surface area contributed by atoms with Crippen molar-refractivity contribution in [2.75, 3.05) is 13.2 Å². The molecule has 0 heterocycles. The Hall–Kier alpha value is -0.610. The molecule has 0 aliphatic heterocycles. The van der Waals surface area contributed by atoms with Crippen molar-refractivity contribution in [1.82, 2.24) is 5.32 Å². The van der Waals surface area contributed by atoms with E-state index >= 15 is 0 Å². The SMILES string of the molecule is CCCOC1(CNC(=O)C(C)C(C)N)CCCCC1. The Labute approximate surface area is 117 Å². The molecule has 1 aliphatic carbocycles. The molecule has 1 rings (SSSR count). The fourth-order valence-electron chi connectivity index (χ4n) is 2.53. The van der Waals surface area contributed by atoms with E-state index in [1.807, 2.05) is 13.8 Å². The Morgan fingerprint density at radius 1 is 1.32 bits per heavy atom. The largest absolute Gasteiger partial charge is 0.373 e. The van der Waals surface area contributed by atoms with Crippen molar-refractivity contribution in [2.45, 2.75) is 70.9 Å². The lowest BCUT2D eigenvalue weighted by atomic mass is 9.84. The zero-order valence-corrected chi connectivity index (χ0v) is 12.7. The minimum absolute atomic E-state index is 0.0417. The number of hydrogen-bond donors (Lipinski definition) is 2. The minimum Gasteiger partial charge on any atom is -0.373 e. The molecule has 0 radical (unpaired) electrons. The molecule has 1 fully saturated rings. The minimum atomic E-state index is -0.146. The van der Waals surface area contributed by atoms with Gasteiger partial charge in [0.1, 0.15) is 0 Å². The van der Waals surface area contributed by atoms with E-state index < -0.39 is 0 Å². The van der Waals surface area contributed by atoms with Gasteiger partial charge in [0.2, 0.25) is 5.91 Å². The lowest BCUT2D eigenvalue weighted by Gasteiger charge is -2.37. The van der Waals surface area contributed by atoms with E-state index in [9.17, 15) is 4.79 Å². The summed E-state index contributed by atoms with van der Waals surface area (Å²) in [6.07, 6.45) is 6.80. The fourth-order valence-corrected chi connectivity index (χ4v) is 2.53. The molecule has 0 saturated heterocycles. The average Bonchev–Trinajstić information content (AvgIpc) is 2.43. The molecule has 1 aliphatic rings. The number of rotatable bonds is 7. The zero-order chi connectivity index (χ0) is 14.3. The van der Waals surface area contributed by atoms with Gasteiger partial charge in [-0.05, 0) is 26.2 Å². The van der Waals surface area contributed by atoms with E-state index in [0.29, 0.717) is 6.54 Å². The number of nitrogens with one attached hydrogen (secondary N) is 1. The zero-order valence-electron chi connectivity index (χ0n) is 12.7. The van der Waals surface area contributed by atoms with Crippen molar-refractivity contribution < 1.29 is 9.53 Å². The first-order valence-corrected chi connectivity index (χ1v) is 7.68. The molecule has 19 heavy (non-hydrogen) atoms. The topological polar surface area (TPSA) is 64.3 Å². The van der Waals surface area contributed by atoms with Crippen LogP contribution in [0.4, 0.5) is 0 Å². The van der Waals surface area contributed by atoms with Gasteiger partial charge in [-0.3, -0.25) is 4.79 Å². The third-order valence-corrected chi connectivity index (χ3v) is 4.16. The molecule has 2 unspecified atom stereocenters. The van der Waals surface area contributed by atoms with Gasteiger partial charge < -0.3 is 15.8 Å². The number of hydrogen-bond acceptors (Lipinski definition) is 3. The number of amides is 1. The third kappa shape index (κ3) is 5.11. The normalized spacial score (nSPS) is 21.7. The van der Waals surface area contributed by atoms with Crippen LogP contribution in [0, 0.1) is 5.92 Å². The number of carbonyl (C=O) groups excluding carboxylic acids is 1. The summed E-state index contributed by atoms with van der Waals surface area (Å²) in [5.74, 6) is -0.105. The quantitative estimate of drug-likeness (QED) is 0.745. The molecule has 2 atom stereocenters. The van der Waals surface area contributed by atoms with Gasteiger partial charge in [0.15, 0.2) is 0 Å². The Bertz CT molecular complexity index is 273. The lowest BCUT2D eigenvalue weighted by Crippen LogP contribution is -2.49. The van der Waals surface area contributed by atoms with Crippen LogP contribution in [0.1, 0.15) is 59.3 Å². The summed E-state index contributed by atoms with van der Waals surface area (Å²) in [6, 6.07) is -0.112. The highest BCUT2D eigenvalue weighted by atomic mass is 16.5. The molecule has 3 N–H and O–H groups in total.